The Hall–Kier alpha value is -1.55. The van der Waals surface area contributed by atoms with E-state index in [0.29, 0.717) is 18.9 Å². The molecular weight excluding hydrogens is 369 g/mol. The average Bonchev–Trinajstić information content (AvgIpc) is 2.53. The molecule has 0 saturated carbocycles. The smallest absolute Gasteiger partial charge is 0.287 e. The molecule has 25 heavy (non-hydrogen) atoms. The number of carbonyl (C=O) groups excluding carboxylic acids is 1. The lowest BCUT2D eigenvalue weighted by atomic mass is 10.1. The van der Waals surface area contributed by atoms with Gasteiger partial charge in [-0.1, -0.05) is 26.0 Å². The number of nitrogens with zero attached hydrogens (tertiary/aromatic N) is 1. The Balaban J connectivity index is 3.31. The Morgan fingerprint density at radius 3 is 2.00 bits per heavy atom. The normalized spacial score (nSPS) is 13.3. The van der Waals surface area contributed by atoms with Crippen LogP contribution in [0.15, 0.2) is 29.2 Å². The van der Waals surface area contributed by atoms with Crippen molar-refractivity contribution in [2.24, 2.45) is 0 Å². The predicted octanol–water partition coefficient (Wildman–Crippen LogP) is 3.88. The Morgan fingerprint density at radius 1 is 1.04 bits per heavy atom. The van der Waals surface area contributed by atoms with E-state index in [9.17, 15) is 35.2 Å². The molecule has 0 saturated heterocycles. The first kappa shape index (κ1) is 21.5. The second-order valence-electron chi connectivity index (χ2n) is 5.33. The molecule has 0 aliphatic carbocycles. The van der Waals surface area contributed by atoms with Crippen LogP contribution in [0.5, 0.6) is 0 Å². The minimum absolute atomic E-state index is 0.160. The fourth-order valence-electron chi connectivity index (χ4n) is 2.11. The lowest BCUT2D eigenvalue weighted by Gasteiger charge is -2.22. The summed E-state index contributed by atoms with van der Waals surface area (Å²) in [6.45, 7) is 3.80. The van der Waals surface area contributed by atoms with Crippen LogP contribution < -0.4 is 0 Å². The monoisotopic (exact) mass is 387 g/mol. The van der Waals surface area contributed by atoms with Gasteiger partial charge in [-0.3, -0.25) is 4.79 Å². The minimum Gasteiger partial charge on any atom is -0.287 e. The molecule has 0 aliphatic heterocycles. The first-order chi connectivity index (χ1) is 11.4. The van der Waals surface area contributed by atoms with Crippen LogP contribution in [0.25, 0.3) is 0 Å². The fourth-order valence-corrected chi connectivity index (χ4v) is 3.78. The van der Waals surface area contributed by atoms with Gasteiger partial charge in [0, 0.05) is 18.7 Å². The third kappa shape index (κ3) is 4.55. The zero-order valence-corrected chi connectivity index (χ0v) is 14.4. The third-order valence-electron chi connectivity index (χ3n) is 3.32. The van der Waals surface area contributed by atoms with Crippen molar-refractivity contribution in [2.75, 3.05) is 13.1 Å². The fraction of sp³-hybridized carbons (Fsp3) is 0.533. The number of benzene rings is 1. The molecule has 4 nitrogen and oxygen atoms in total. The highest BCUT2D eigenvalue weighted by Crippen LogP contribution is 2.38. The lowest BCUT2D eigenvalue weighted by molar-refractivity contribution is -0.255. The number of hydrogen-bond acceptors (Lipinski definition) is 3. The average molecular weight is 387 g/mol. The van der Waals surface area contributed by atoms with Crippen LogP contribution in [0.4, 0.5) is 22.0 Å². The van der Waals surface area contributed by atoms with Gasteiger partial charge in [0.15, 0.2) is 0 Å². The van der Waals surface area contributed by atoms with Crippen molar-refractivity contribution in [3.63, 3.8) is 0 Å². The maximum Gasteiger partial charge on any atom is 0.461 e. The van der Waals surface area contributed by atoms with E-state index in [1.54, 1.807) is 13.8 Å². The summed E-state index contributed by atoms with van der Waals surface area (Å²) >= 11 is 0. The molecule has 10 heteroatoms. The molecule has 0 atom stereocenters. The molecule has 0 fully saturated rings. The summed E-state index contributed by atoms with van der Waals surface area (Å²) in [6, 6.07) is 3.29. The number of rotatable bonds is 8. The molecule has 0 bridgehead atoms. The Morgan fingerprint density at radius 2 is 1.56 bits per heavy atom. The Bertz CT molecular complexity index is 710. The first-order valence-electron chi connectivity index (χ1n) is 7.49. The van der Waals surface area contributed by atoms with Crippen molar-refractivity contribution in [1.82, 2.24) is 4.31 Å². The second kappa shape index (κ2) is 7.77. The number of Topliss-reactive ketones (excluding diaryl/α,β-unsaturated/α-hetero) is 1. The van der Waals surface area contributed by atoms with E-state index < -0.39 is 38.4 Å². The van der Waals surface area contributed by atoms with Crippen molar-refractivity contribution >= 4 is 15.8 Å². The van der Waals surface area contributed by atoms with Crippen molar-refractivity contribution in [3.05, 3.63) is 29.8 Å². The Labute approximate surface area is 142 Å². The summed E-state index contributed by atoms with van der Waals surface area (Å²) in [5.74, 6) is -8.09. The molecule has 0 aliphatic rings. The van der Waals surface area contributed by atoms with Crippen molar-refractivity contribution in [1.29, 1.82) is 0 Å². The van der Waals surface area contributed by atoms with Gasteiger partial charge in [0.1, 0.15) is 0 Å². The van der Waals surface area contributed by atoms with E-state index in [4.69, 9.17) is 0 Å². The van der Waals surface area contributed by atoms with E-state index in [1.165, 1.54) is 0 Å². The third-order valence-corrected chi connectivity index (χ3v) is 5.22. The molecule has 0 unspecified atom stereocenters. The van der Waals surface area contributed by atoms with Crippen LogP contribution in [0.2, 0.25) is 0 Å². The largest absolute Gasteiger partial charge is 0.461 e. The van der Waals surface area contributed by atoms with Crippen LogP contribution in [-0.4, -0.2) is 43.7 Å². The highest BCUT2D eigenvalue weighted by Gasteiger charge is 2.63. The number of hydrogen-bond donors (Lipinski definition) is 0. The summed E-state index contributed by atoms with van der Waals surface area (Å²) < 4.78 is 89.6. The van der Waals surface area contributed by atoms with Gasteiger partial charge < -0.3 is 0 Å². The van der Waals surface area contributed by atoms with Gasteiger partial charge in [-0.2, -0.15) is 26.3 Å². The molecule has 1 rings (SSSR count). The molecule has 0 amide bonds. The van der Waals surface area contributed by atoms with Crippen LogP contribution in [0, 0.1) is 0 Å². The second-order valence-corrected chi connectivity index (χ2v) is 7.27. The molecule has 0 heterocycles. The van der Waals surface area contributed by atoms with Gasteiger partial charge in [-0.05, 0) is 25.0 Å². The zero-order chi connectivity index (χ0) is 19.5. The number of alkyl halides is 5. The van der Waals surface area contributed by atoms with E-state index in [-0.39, 0.29) is 13.1 Å². The van der Waals surface area contributed by atoms with Crippen LogP contribution in [-0.2, 0) is 10.0 Å². The zero-order valence-electron chi connectivity index (χ0n) is 13.6. The van der Waals surface area contributed by atoms with Crippen LogP contribution in [0.3, 0.4) is 0 Å². The quantitative estimate of drug-likeness (QED) is 0.503. The Kier molecular flexibility index (Phi) is 6.68. The summed E-state index contributed by atoms with van der Waals surface area (Å²) in [4.78, 5) is 11.0. The van der Waals surface area contributed by atoms with Crippen molar-refractivity contribution in [3.8, 4) is 0 Å². The maximum atomic E-state index is 13.2. The lowest BCUT2D eigenvalue weighted by Crippen LogP contribution is -2.44. The molecule has 1 aromatic carbocycles. The van der Waals surface area contributed by atoms with Gasteiger partial charge in [0.25, 0.3) is 0 Å². The van der Waals surface area contributed by atoms with Gasteiger partial charge in [0.05, 0.1) is 4.90 Å². The van der Waals surface area contributed by atoms with E-state index in [1.807, 2.05) is 0 Å². The minimum atomic E-state index is -6.06. The van der Waals surface area contributed by atoms with Gasteiger partial charge in [-0.15, -0.1) is 0 Å². The van der Waals surface area contributed by atoms with E-state index >= 15 is 0 Å². The summed E-state index contributed by atoms with van der Waals surface area (Å²) in [6.07, 6.45) is -5.08. The molecule has 0 spiro atoms. The highest BCUT2D eigenvalue weighted by molar-refractivity contribution is 7.89. The van der Waals surface area contributed by atoms with Crippen molar-refractivity contribution in [2.45, 2.75) is 43.7 Å². The number of sulfonamides is 1. The first-order valence-corrected chi connectivity index (χ1v) is 8.93. The van der Waals surface area contributed by atoms with Crippen molar-refractivity contribution < 1.29 is 35.2 Å². The maximum absolute atomic E-state index is 13.2. The van der Waals surface area contributed by atoms with E-state index in [0.717, 1.165) is 22.5 Å². The standard InChI is InChI=1S/C15H18F5NO3S/c1-3-8-21(9-4-2)25(23,24)12-7-5-6-11(10-12)13(22)14(16,17)15(18,19)20/h5-7,10H,3-4,8-9H2,1-2H3. The summed E-state index contributed by atoms with van der Waals surface area (Å²) in [5, 5.41) is 0. The van der Waals surface area contributed by atoms with Crippen LogP contribution >= 0.6 is 0 Å². The molecular formula is C15H18F5NO3S. The topological polar surface area (TPSA) is 54.5 Å². The SMILES string of the molecule is CCCN(CCC)S(=O)(=O)c1cccc(C(=O)C(F)(F)C(F)(F)F)c1. The van der Waals surface area contributed by atoms with Crippen LogP contribution in [0.1, 0.15) is 37.0 Å². The number of halogens is 5. The highest BCUT2D eigenvalue weighted by atomic mass is 32.2. The molecule has 1 aromatic rings. The van der Waals surface area contributed by atoms with Gasteiger partial charge >= 0.3 is 12.1 Å². The van der Waals surface area contributed by atoms with E-state index in [2.05, 4.69) is 0 Å². The predicted molar refractivity (Wildman–Crippen MR) is 81.1 cm³/mol. The van der Waals surface area contributed by atoms with Gasteiger partial charge in [-0.25, -0.2) is 8.42 Å². The molecule has 0 aromatic heterocycles. The molecule has 0 radical (unpaired) electrons. The molecule has 142 valence electrons. The summed E-state index contributed by atoms with van der Waals surface area (Å²) in [7, 11) is -4.11. The summed E-state index contributed by atoms with van der Waals surface area (Å²) in [5.41, 5.74) is -1.02. The number of ketones is 1. The van der Waals surface area contributed by atoms with Gasteiger partial charge in [0.2, 0.25) is 15.8 Å². The number of carbonyl (C=O) groups is 1. The molecule has 0 N–H and O–H groups in total.